The van der Waals surface area contributed by atoms with Crippen LogP contribution in [0.1, 0.15) is 0 Å². The molecule has 1 fully saturated rings. The minimum Gasteiger partial charge on any atom is -0.395 e. The molecule has 16 nitrogen and oxygen atoms in total. The molecule has 3 rings (SSSR count). The van der Waals surface area contributed by atoms with Gasteiger partial charge in [0.1, 0.15) is 9.79 Å². The third-order valence-electron chi connectivity index (χ3n) is 5.62. The Bertz CT molecular complexity index is 1200. The molecule has 0 saturated carbocycles. The van der Waals surface area contributed by atoms with Crippen LogP contribution in [-0.2, 0) is 20.0 Å². The summed E-state index contributed by atoms with van der Waals surface area (Å²) in [5.74, 6) is -0.186. The molecule has 0 spiro atoms. The van der Waals surface area contributed by atoms with E-state index in [1.807, 2.05) is 4.90 Å². The molecule has 2 heterocycles. The van der Waals surface area contributed by atoms with E-state index in [0.29, 0.717) is 31.9 Å². The lowest BCUT2D eigenvalue weighted by atomic mass is 10.1. The van der Waals surface area contributed by atoms with E-state index < -0.39 is 48.5 Å². The quantitative estimate of drug-likeness (QED) is 0.144. The molecule has 18 heteroatoms. The molecule has 0 amide bonds. The maximum absolute atomic E-state index is 13.0. The lowest BCUT2D eigenvalue weighted by Crippen LogP contribution is -2.52. The number of primary sulfonamides is 1. The van der Waals surface area contributed by atoms with Crippen LogP contribution in [0, 0.1) is 0 Å². The third kappa shape index (κ3) is 6.11. The van der Waals surface area contributed by atoms with E-state index in [1.165, 1.54) is 6.07 Å². The molecule has 0 radical (unpaired) electrons. The van der Waals surface area contributed by atoms with Crippen LogP contribution in [0.4, 0.5) is 5.69 Å². The number of nitrogens with zero attached hydrogens (tertiary/aromatic N) is 5. The molecule has 1 aromatic carbocycles. The fraction of sp³-hybridized carbons (Fsp3) is 0.588. The van der Waals surface area contributed by atoms with Crippen molar-refractivity contribution in [2.75, 3.05) is 57.4 Å². The Balaban J connectivity index is 2.11. The number of aliphatic hydroxyl groups excluding tert-OH is 3. The standard InChI is InChI=1S/C17H29N9O7S2/c18-7-12(29)8-20-35(32,33)14-2-1-13(26-5-3-25(4-6-26)11(9-27)10-28)15(16(14)34(19,30)31)17-21-23-24-22-17/h1-2,11-12,20,27-29H,3-10,18H2,(H2,19,30,31)(H,21,22,23,24). The molecule has 1 aliphatic heterocycles. The smallest absolute Gasteiger partial charge is 0.242 e. The number of nitrogens with two attached hydrogens (primary N) is 2. The van der Waals surface area contributed by atoms with Crippen molar-refractivity contribution in [3.8, 4) is 11.4 Å². The number of H-pyrrole nitrogens is 1. The number of nitrogens with one attached hydrogen (secondary N) is 2. The minimum atomic E-state index is -4.64. The average molecular weight is 536 g/mol. The number of piperazine rings is 1. The summed E-state index contributed by atoms with van der Waals surface area (Å²) in [5.41, 5.74) is 5.46. The minimum absolute atomic E-state index is 0.155. The molecule has 1 aromatic heterocycles. The first-order valence-corrected chi connectivity index (χ1v) is 13.6. The van der Waals surface area contributed by atoms with Gasteiger partial charge in [-0.2, -0.15) is 5.21 Å². The van der Waals surface area contributed by atoms with Crippen LogP contribution in [0.5, 0.6) is 0 Å². The molecule has 2 aromatic rings. The Hall–Kier alpha value is -2.29. The van der Waals surface area contributed by atoms with Crippen molar-refractivity contribution in [2.45, 2.75) is 21.9 Å². The van der Waals surface area contributed by atoms with Gasteiger partial charge in [-0.1, -0.05) is 0 Å². The van der Waals surface area contributed by atoms with Crippen molar-refractivity contribution >= 4 is 25.7 Å². The van der Waals surface area contributed by atoms with Gasteiger partial charge in [-0.15, -0.1) is 10.2 Å². The maximum Gasteiger partial charge on any atom is 0.242 e. The Morgan fingerprint density at radius 2 is 1.77 bits per heavy atom. The van der Waals surface area contributed by atoms with Crippen LogP contribution in [0.3, 0.4) is 0 Å². The molecular weight excluding hydrogens is 506 g/mol. The lowest BCUT2D eigenvalue weighted by molar-refractivity contribution is 0.0700. The average Bonchev–Trinajstić information content (AvgIpc) is 3.37. The fourth-order valence-electron chi connectivity index (χ4n) is 3.78. The zero-order valence-corrected chi connectivity index (χ0v) is 20.3. The second kappa shape index (κ2) is 11.2. The molecule has 1 unspecified atom stereocenters. The number of sulfonamides is 2. The molecule has 1 atom stereocenters. The van der Waals surface area contributed by atoms with Crippen LogP contribution in [-0.4, -0.2) is 122 Å². The Morgan fingerprint density at radius 3 is 2.29 bits per heavy atom. The summed E-state index contributed by atoms with van der Waals surface area (Å²) >= 11 is 0. The van der Waals surface area contributed by atoms with Crippen molar-refractivity contribution in [2.24, 2.45) is 10.9 Å². The number of anilines is 1. The molecule has 35 heavy (non-hydrogen) atoms. The molecule has 0 aliphatic carbocycles. The number of aromatic nitrogens is 4. The number of rotatable bonds is 11. The van der Waals surface area contributed by atoms with Gasteiger partial charge in [0, 0.05) is 45.0 Å². The highest BCUT2D eigenvalue weighted by Gasteiger charge is 2.34. The van der Waals surface area contributed by atoms with E-state index in [9.17, 15) is 32.2 Å². The highest BCUT2D eigenvalue weighted by molar-refractivity contribution is 7.92. The SMILES string of the molecule is NCC(O)CNS(=O)(=O)c1ccc(N2CCN(C(CO)CO)CC2)c(-c2nn[nH]n2)c1S(N)(=O)=O. The highest BCUT2D eigenvalue weighted by Crippen LogP contribution is 2.38. The first-order valence-electron chi connectivity index (χ1n) is 10.6. The molecule has 9 N–H and O–H groups in total. The number of benzene rings is 1. The fourth-order valence-corrected chi connectivity index (χ4v) is 6.45. The van der Waals surface area contributed by atoms with Gasteiger partial charge in [0.2, 0.25) is 25.9 Å². The second-order valence-electron chi connectivity index (χ2n) is 7.85. The summed E-state index contributed by atoms with van der Waals surface area (Å²) in [7, 11) is -9.10. The van der Waals surface area contributed by atoms with E-state index in [1.54, 1.807) is 4.90 Å². The normalized spacial score (nSPS) is 16.7. The Kier molecular flexibility index (Phi) is 8.72. The summed E-state index contributed by atoms with van der Waals surface area (Å²) in [6, 6.07) is 2.09. The van der Waals surface area contributed by atoms with Crippen LogP contribution in [0.15, 0.2) is 21.9 Å². The van der Waals surface area contributed by atoms with E-state index >= 15 is 0 Å². The summed E-state index contributed by atoms with van der Waals surface area (Å²) in [6.07, 6.45) is -1.18. The van der Waals surface area contributed by atoms with Crippen molar-refractivity contribution in [3.63, 3.8) is 0 Å². The van der Waals surface area contributed by atoms with Gasteiger partial charge < -0.3 is 26.0 Å². The van der Waals surface area contributed by atoms with Crippen LogP contribution in [0.2, 0.25) is 0 Å². The van der Waals surface area contributed by atoms with Gasteiger partial charge in [-0.25, -0.2) is 26.7 Å². The predicted molar refractivity (Wildman–Crippen MR) is 123 cm³/mol. The van der Waals surface area contributed by atoms with Gasteiger partial charge in [0.25, 0.3) is 0 Å². The lowest BCUT2D eigenvalue weighted by Gasteiger charge is -2.39. The van der Waals surface area contributed by atoms with Crippen molar-refractivity contribution in [1.29, 1.82) is 0 Å². The first kappa shape index (κ1) is 27.3. The number of aliphatic hydroxyl groups is 3. The largest absolute Gasteiger partial charge is 0.395 e. The number of aromatic amines is 1. The van der Waals surface area contributed by atoms with Gasteiger partial charge in [0.05, 0.1) is 30.9 Å². The topological polar surface area (TPSA) is 254 Å². The molecule has 0 bridgehead atoms. The van der Waals surface area contributed by atoms with Gasteiger partial charge in [-0.3, -0.25) is 4.90 Å². The van der Waals surface area contributed by atoms with E-state index in [2.05, 4.69) is 25.3 Å². The summed E-state index contributed by atoms with van der Waals surface area (Å²) < 4.78 is 53.6. The molecule has 1 aliphatic rings. The molecule has 196 valence electrons. The maximum atomic E-state index is 13.0. The van der Waals surface area contributed by atoms with E-state index in [4.69, 9.17) is 10.9 Å². The van der Waals surface area contributed by atoms with Crippen LogP contribution in [0.25, 0.3) is 11.4 Å². The highest BCUT2D eigenvalue weighted by atomic mass is 32.2. The first-order chi connectivity index (χ1) is 16.5. The monoisotopic (exact) mass is 535 g/mol. The number of hydrogen-bond donors (Lipinski definition) is 7. The van der Waals surface area contributed by atoms with Crippen molar-refractivity contribution in [1.82, 2.24) is 30.2 Å². The van der Waals surface area contributed by atoms with Crippen LogP contribution >= 0.6 is 0 Å². The van der Waals surface area contributed by atoms with Crippen molar-refractivity contribution in [3.05, 3.63) is 12.1 Å². The third-order valence-corrected chi connectivity index (χ3v) is 8.20. The summed E-state index contributed by atoms with van der Waals surface area (Å²) in [5, 5.41) is 47.4. The number of hydrogen-bond acceptors (Lipinski definition) is 13. The van der Waals surface area contributed by atoms with Gasteiger partial charge >= 0.3 is 0 Å². The predicted octanol–water partition coefficient (Wildman–Crippen LogP) is -4.41. The Labute approximate surface area is 202 Å². The van der Waals surface area contributed by atoms with Gasteiger partial charge in [-0.05, 0) is 17.3 Å². The number of tetrazole rings is 1. The van der Waals surface area contributed by atoms with Crippen molar-refractivity contribution < 1.29 is 32.2 Å². The second-order valence-corrected chi connectivity index (χ2v) is 11.1. The van der Waals surface area contributed by atoms with E-state index in [0.717, 1.165) is 6.07 Å². The Morgan fingerprint density at radius 1 is 1.11 bits per heavy atom. The zero-order valence-electron chi connectivity index (χ0n) is 18.6. The summed E-state index contributed by atoms with van der Waals surface area (Å²) in [6.45, 7) is 0.480. The van der Waals surface area contributed by atoms with E-state index in [-0.39, 0.29) is 31.1 Å². The zero-order chi connectivity index (χ0) is 25.8. The molecular formula is C17H29N9O7S2. The summed E-state index contributed by atoms with van der Waals surface area (Å²) in [4.78, 5) is 2.31. The van der Waals surface area contributed by atoms with Gasteiger partial charge in [0.15, 0.2) is 0 Å². The van der Waals surface area contributed by atoms with Crippen LogP contribution < -0.4 is 20.5 Å². The molecule has 1 saturated heterocycles.